The third-order valence-corrected chi connectivity index (χ3v) is 4.04. The van der Waals surface area contributed by atoms with Crippen molar-refractivity contribution in [2.24, 2.45) is 5.84 Å². The maximum atomic E-state index is 12.1. The molecule has 1 fully saturated rings. The van der Waals surface area contributed by atoms with E-state index < -0.39 is 0 Å². The highest BCUT2D eigenvalue weighted by molar-refractivity contribution is 5.83. The van der Waals surface area contributed by atoms with Crippen LogP contribution in [0.2, 0.25) is 0 Å². The minimum absolute atomic E-state index is 0.145. The van der Waals surface area contributed by atoms with Crippen LogP contribution in [0.4, 0.5) is 0 Å². The Kier molecular flexibility index (Phi) is 5.52. The number of nitrogens with one attached hydrogen (secondary N) is 1. The molecular weight excluding hydrogens is 254 g/mol. The molecule has 0 spiro atoms. The summed E-state index contributed by atoms with van der Waals surface area (Å²) in [5, 5.41) is 9.47. The topological polar surface area (TPSA) is 78.6 Å². The van der Waals surface area contributed by atoms with Gasteiger partial charge in [0.05, 0.1) is 12.5 Å². The first kappa shape index (κ1) is 15.0. The molecule has 1 heterocycles. The Labute approximate surface area is 119 Å². The molecule has 1 aromatic carbocycles. The van der Waals surface area contributed by atoms with Crippen molar-refractivity contribution in [3.8, 4) is 0 Å². The van der Waals surface area contributed by atoms with Crippen molar-refractivity contribution in [3.63, 3.8) is 0 Å². The minimum atomic E-state index is -0.298. The molecule has 2 atom stereocenters. The zero-order valence-corrected chi connectivity index (χ0v) is 11.7. The van der Waals surface area contributed by atoms with Crippen molar-refractivity contribution in [2.75, 3.05) is 19.7 Å². The van der Waals surface area contributed by atoms with E-state index in [0.717, 1.165) is 31.4 Å². The Balaban J connectivity index is 2.13. The lowest BCUT2D eigenvalue weighted by Gasteiger charge is -2.36. The fraction of sp³-hybridized carbons (Fsp3) is 0.533. The zero-order chi connectivity index (χ0) is 14.4. The second-order valence-electron chi connectivity index (χ2n) is 5.30. The lowest BCUT2D eigenvalue weighted by molar-refractivity contribution is -0.123. The molecule has 5 nitrogen and oxygen atoms in total. The second-order valence-corrected chi connectivity index (χ2v) is 5.30. The van der Waals surface area contributed by atoms with Gasteiger partial charge in [-0.05, 0) is 24.9 Å². The van der Waals surface area contributed by atoms with Crippen LogP contribution in [0.25, 0.3) is 0 Å². The first-order valence-electron chi connectivity index (χ1n) is 7.16. The summed E-state index contributed by atoms with van der Waals surface area (Å²) in [4.78, 5) is 14.3. The van der Waals surface area contributed by atoms with Crippen LogP contribution in [0.15, 0.2) is 30.3 Å². The lowest BCUT2D eigenvalue weighted by atomic mass is 9.94. The molecule has 1 saturated heterocycles. The van der Waals surface area contributed by atoms with Crippen molar-refractivity contribution >= 4 is 5.91 Å². The average molecular weight is 277 g/mol. The van der Waals surface area contributed by atoms with Gasteiger partial charge in [-0.25, -0.2) is 5.84 Å². The SMILES string of the molecule is NNC(=O)C(CN1CCCCC1CO)c1ccccc1. The number of hydrogen-bond donors (Lipinski definition) is 3. The van der Waals surface area contributed by atoms with Crippen LogP contribution >= 0.6 is 0 Å². The molecule has 1 amide bonds. The summed E-state index contributed by atoms with van der Waals surface area (Å²) < 4.78 is 0. The van der Waals surface area contributed by atoms with Crippen LogP contribution in [-0.2, 0) is 4.79 Å². The number of amides is 1. The number of hydrogen-bond acceptors (Lipinski definition) is 4. The van der Waals surface area contributed by atoms with Crippen LogP contribution < -0.4 is 11.3 Å². The van der Waals surface area contributed by atoms with Gasteiger partial charge in [-0.15, -0.1) is 0 Å². The predicted octanol–water partition coefficient (Wildman–Crippen LogP) is 0.607. The molecule has 110 valence electrons. The predicted molar refractivity (Wildman–Crippen MR) is 77.8 cm³/mol. The fourth-order valence-electron chi connectivity index (χ4n) is 2.87. The number of aliphatic hydroxyl groups is 1. The Bertz CT molecular complexity index is 424. The van der Waals surface area contributed by atoms with Crippen molar-refractivity contribution < 1.29 is 9.90 Å². The van der Waals surface area contributed by atoms with Gasteiger partial charge >= 0.3 is 0 Å². The molecule has 0 radical (unpaired) electrons. The number of benzene rings is 1. The fourth-order valence-corrected chi connectivity index (χ4v) is 2.87. The average Bonchev–Trinajstić information content (AvgIpc) is 2.53. The molecule has 0 saturated carbocycles. The Morgan fingerprint density at radius 2 is 2.15 bits per heavy atom. The first-order chi connectivity index (χ1) is 9.76. The number of nitrogens with zero attached hydrogens (tertiary/aromatic N) is 1. The maximum absolute atomic E-state index is 12.1. The summed E-state index contributed by atoms with van der Waals surface area (Å²) in [6.07, 6.45) is 3.24. The van der Waals surface area contributed by atoms with E-state index in [1.54, 1.807) is 0 Å². The van der Waals surface area contributed by atoms with Gasteiger partial charge in [0.1, 0.15) is 0 Å². The summed E-state index contributed by atoms with van der Waals surface area (Å²) in [6.45, 7) is 1.66. The van der Waals surface area contributed by atoms with Crippen molar-refractivity contribution in [1.29, 1.82) is 0 Å². The van der Waals surface area contributed by atoms with E-state index in [1.807, 2.05) is 30.3 Å². The number of piperidine rings is 1. The van der Waals surface area contributed by atoms with Crippen molar-refractivity contribution in [1.82, 2.24) is 10.3 Å². The zero-order valence-electron chi connectivity index (χ0n) is 11.7. The Morgan fingerprint density at radius 3 is 2.80 bits per heavy atom. The molecule has 0 aromatic heterocycles. The first-order valence-corrected chi connectivity index (χ1v) is 7.16. The van der Waals surface area contributed by atoms with Crippen LogP contribution in [0, 0.1) is 0 Å². The number of nitrogens with two attached hydrogens (primary N) is 1. The van der Waals surface area contributed by atoms with E-state index in [-0.39, 0.29) is 24.5 Å². The Morgan fingerprint density at radius 1 is 1.40 bits per heavy atom. The summed E-state index contributed by atoms with van der Waals surface area (Å²) in [7, 11) is 0. The highest BCUT2D eigenvalue weighted by atomic mass is 16.3. The van der Waals surface area contributed by atoms with E-state index in [9.17, 15) is 9.90 Å². The number of hydrazine groups is 1. The Hall–Kier alpha value is -1.43. The third kappa shape index (κ3) is 3.56. The third-order valence-electron chi connectivity index (χ3n) is 4.04. The molecule has 20 heavy (non-hydrogen) atoms. The van der Waals surface area contributed by atoms with E-state index in [0.29, 0.717) is 6.54 Å². The van der Waals surface area contributed by atoms with Crippen LogP contribution in [0.1, 0.15) is 30.7 Å². The van der Waals surface area contributed by atoms with E-state index in [2.05, 4.69) is 10.3 Å². The van der Waals surface area contributed by atoms with E-state index in [4.69, 9.17) is 5.84 Å². The minimum Gasteiger partial charge on any atom is -0.395 e. The maximum Gasteiger partial charge on any atom is 0.242 e. The summed E-state index contributed by atoms with van der Waals surface area (Å²) in [5.41, 5.74) is 3.21. The number of aliphatic hydroxyl groups excluding tert-OH is 1. The van der Waals surface area contributed by atoms with Gasteiger partial charge in [-0.1, -0.05) is 36.8 Å². The molecule has 0 bridgehead atoms. The molecule has 5 heteroatoms. The van der Waals surface area contributed by atoms with Crippen molar-refractivity contribution in [2.45, 2.75) is 31.2 Å². The van der Waals surface area contributed by atoms with Gasteiger partial charge in [0, 0.05) is 12.6 Å². The molecular formula is C15H23N3O2. The normalized spacial score (nSPS) is 21.4. The number of rotatable bonds is 5. The summed E-state index contributed by atoms with van der Waals surface area (Å²) in [5.74, 6) is 4.84. The van der Waals surface area contributed by atoms with Gasteiger partial charge in [-0.2, -0.15) is 0 Å². The quantitative estimate of drug-likeness (QED) is 0.418. The lowest BCUT2D eigenvalue weighted by Crippen LogP contribution is -2.47. The van der Waals surface area contributed by atoms with E-state index >= 15 is 0 Å². The largest absolute Gasteiger partial charge is 0.395 e. The standard InChI is InChI=1S/C15H23N3O2/c16-17-15(20)14(12-6-2-1-3-7-12)10-18-9-5-4-8-13(18)11-19/h1-3,6-7,13-14,19H,4-5,8-11,16H2,(H,17,20). The molecule has 1 aliphatic heterocycles. The molecule has 1 aliphatic rings. The second kappa shape index (κ2) is 7.38. The van der Waals surface area contributed by atoms with E-state index in [1.165, 1.54) is 0 Å². The molecule has 1 aromatic rings. The molecule has 2 unspecified atom stereocenters. The van der Waals surface area contributed by atoms with Crippen LogP contribution in [0.5, 0.6) is 0 Å². The molecule has 4 N–H and O–H groups in total. The number of carbonyl (C=O) groups excluding carboxylic acids is 1. The molecule has 2 rings (SSSR count). The highest BCUT2D eigenvalue weighted by Gasteiger charge is 2.28. The highest BCUT2D eigenvalue weighted by Crippen LogP contribution is 2.23. The monoisotopic (exact) mass is 277 g/mol. The van der Waals surface area contributed by atoms with Crippen LogP contribution in [-0.4, -0.2) is 41.7 Å². The van der Waals surface area contributed by atoms with Crippen LogP contribution in [0.3, 0.4) is 0 Å². The number of carbonyl (C=O) groups is 1. The van der Waals surface area contributed by atoms with Gasteiger partial charge in [0.15, 0.2) is 0 Å². The summed E-state index contributed by atoms with van der Waals surface area (Å²) >= 11 is 0. The van der Waals surface area contributed by atoms with Crippen molar-refractivity contribution in [3.05, 3.63) is 35.9 Å². The number of likely N-dealkylation sites (tertiary alicyclic amines) is 1. The van der Waals surface area contributed by atoms with Gasteiger partial charge in [0.25, 0.3) is 0 Å². The molecule has 0 aliphatic carbocycles. The van der Waals surface area contributed by atoms with Gasteiger partial charge in [-0.3, -0.25) is 15.1 Å². The van der Waals surface area contributed by atoms with Gasteiger partial charge in [0.2, 0.25) is 5.91 Å². The smallest absolute Gasteiger partial charge is 0.242 e. The summed E-state index contributed by atoms with van der Waals surface area (Å²) in [6, 6.07) is 9.81. The van der Waals surface area contributed by atoms with Gasteiger partial charge < -0.3 is 5.11 Å².